The number of aliphatic hydroxyl groups is 1. The smallest absolute Gasteiger partial charge is 0.239 e. The summed E-state index contributed by atoms with van der Waals surface area (Å²) in [6.07, 6.45) is 2.33. The van der Waals surface area contributed by atoms with Crippen molar-refractivity contribution in [2.45, 2.75) is 38.3 Å². The van der Waals surface area contributed by atoms with Gasteiger partial charge in [-0.2, -0.15) is 0 Å². The molecule has 1 saturated heterocycles. The van der Waals surface area contributed by atoms with Crippen LogP contribution in [0.4, 0.5) is 4.39 Å². The van der Waals surface area contributed by atoms with Gasteiger partial charge in [0.15, 0.2) is 0 Å². The molecule has 1 aromatic rings. The maximum absolute atomic E-state index is 13.6. The van der Waals surface area contributed by atoms with Crippen molar-refractivity contribution in [3.63, 3.8) is 0 Å². The van der Waals surface area contributed by atoms with Gasteiger partial charge in [0.05, 0.1) is 12.1 Å². The van der Waals surface area contributed by atoms with E-state index in [1.165, 1.54) is 12.5 Å². The van der Waals surface area contributed by atoms with Crippen LogP contribution in [0.5, 0.6) is 0 Å². The molecule has 2 unspecified atom stereocenters. The van der Waals surface area contributed by atoms with E-state index in [0.717, 1.165) is 25.9 Å². The minimum atomic E-state index is -0.956. The normalized spacial score (nSPS) is 18.3. The summed E-state index contributed by atoms with van der Waals surface area (Å²) in [7, 11) is 0. The molecule has 4 nitrogen and oxygen atoms in total. The van der Waals surface area contributed by atoms with E-state index < -0.39 is 11.9 Å². The number of piperidine rings is 1. The average molecular weight is 294 g/mol. The van der Waals surface area contributed by atoms with Crippen LogP contribution in [-0.4, -0.2) is 41.6 Å². The number of rotatable bonds is 5. The van der Waals surface area contributed by atoms with Gasteiger partial charge >= 0.3 is 0 Å². The summed E-state index contributed by atoms with van der Waals surface area (Å²) in [5, 5.41) is 13.0. The van der Waals surface area contributed by atoms with Crippen LogP contribution in [0.15, 0.2) is 24.3 Å². The third-order valence-corrected chi connectivity index (χ3v) is 3.92. The quantitative estimate of drug-likeness (QED) is 0.871. The molecular formula is C16H23FN2O2. The van der Waals surface area contributed by atoms with Gasteiger partial charge in [-0.1, -0.05) is 18.2 Å². The highest BCUT2D eigenvalue weighted by Gasteiger charge is 2.22. The van der Waals surface area contributed by atoms with Crippen LogP contribution in [0.1, 0.15) is 37.9 Å². The Morgan fingerprint density at radius 3 is 2.67 bits per heavy atom. The Balaban J connectivity index is 1.84. The molecule has 1 amide bonds. The molecule has 116 valence electrons. The van der Waals surface area contributed by atoms with Crippen molar-refractivity contribution >= 4 is 5.91 Å². The van der Waals surface area contributed by atoms with Gasteiger partial charge in [-0.3, -0.25) is 4.79 Å². The number of nitrogens with one attached hydrogen (secondary N) is 1. The number of nitrogens with zero attached hydrogens (tertiary/aromatic N) is 1. The van der Waals surface area contributed by atoms with Gasteiger partial charge in [-0.05, 0) is 32.3 Å². The molecule has 1 aliphatic heterocycles. The van der Waals surface area contributed by atoms with E-state index in [2.05, 4.69) is 5.32 Å². The van der Waals surface area contributed by atoms with Crippen molar-refractivity contribution in [2.24, 2.45) is 0 Å². The van der Waals surface area contributed by atoms with Gasteiger partial charge in [0.1, 0.15) is 5.82 Å². The highest BCUT2D eigenvalue weighted by Crippen LogP contribution is 2.16. The second kappa shape index (κ2) is 7.52. The number of aliphatic hydroxyl groups excluding tert-OH is 1. The molecule has 0 radical (unpaired) electrons. The van der Waals surface area contributed by atoms with Crippen molar-refractivity contribution in [2.75, 3.05) is 19.6 Å². The van der Waals surface area contributed by atoms with E-state index in [0.29, 0.717) is 0 Å². The molecule has 1 heterocycles. The van der Waals surface area contributed by atoms with E-state index in [1.54, 1.807) is 25.1 Å². The molecule has 21 heavy (non-hydrogen) atoms. The fourth-order valence-corrected chi connectivity index (χ4v) is 2.62. The predicted molar refractivity (Wildman–Crippen MR) is 79.3 cm³/mol. The van der Waals surface area contributed by atoms with Gasteiger partial charge in [0.2, 0.25) is 5.91 Å². The lowest BCUT2D eigenvalue weighted by Gasteiger charge is -2.29. The molecule has 2 rings (SSSR count). The summed E-state index contributed by atoms with van der Waals surface area (Å²) in [6, 6.07) is 5.77. The number of benzene rings is 1. The number of hydrogen-bond donors (Lipinski definition) is 2. The zero-order valence-electron chi connectivity index (χ0n) is 12.4. The minimum absolute atomic E-state index is 0.0513. The highest BCUT2D eigenvalue weighted by molar-refractivity contribution is 5.81. The maximum atomic E-state index is 13.6. The lowest BCUT2D eigenvalue weighted by atomic mass is 10.1. The molecule has 0 bridgehead atoms. The monoisotopic (exact) mass is 294 g/mol. The Morgan fingerprint density at radius 2 is 2.00 bits per heavy atom. The van der Waals surface area contributed by atoms with Crippen LogP contribution in [0, 0.1) is 5.82 Å². The van der Waals surface area contributed by atoms with Crippen LogP contribution in [0.25, 0.3) is 0 Å². The molecule has 1 aromatic carbocycles. The van der Waals surface area contributed by atoms with Crippen molar-refractivity contribution in [3.05, 3.63) is 35.6 Å². The first kappa shape index (κ1) is 15.9. The molecule has 0 aliphatic carbocycles. The Morgan fingerprint density at radius 1 is 1.33 bits per heavy atom. The number of carbonyl (C=O) groups excluding carboxylic acids is 1. The molecule has 1 aliphatic rings. The Bertz CT molecular complexity index is 475. The number of halogens is 1. The molecular weight excluding hydrogens is 271 g/mol. The standard InChI is InChI=1S/C16H23FN2O2/c1-12(16(21)19-9-5-2-6-10-19)18-11-15(20)13-7-3-4-8-14(13)17/h3-4,7-8,12,15,18,20H,2,5-6,9-11H2,1H3. The third kappa shape index (κ3) is 4.25. The first-order valence-electron chi connectivity index (χ1n) is 7.54. The van der Waals surface area contributed by atoms with Crippen molar-refractivity contribution < 1.29 is 14.3 Å². The van der Waals surface area contributed by atoms with Crippen molar-refractivity contribution in [3.8, 4) is 0 Å². The van der Waals surface area contributed by atoms with Gasteiger partial charge in [-0.15, -0.1) is 0 Å². The van der Waals surface area contributed by atoms with Gasteiger partial charge in [0.25, 0.3) is 0 Å². The first-order valence-corrected chi connectivity index (χ1v) is 7.54. The molecule has 1 fully saturated rings. The topological polar surface area (TPSA) is 52.6 Å². The second-order valence-electron chi connectivity index (χ2n) is 5.55. The third-order valence-electron chi connectivity index (χ3n) is 3.92. The van der Waals surface area contributed by atoms with Gasteiger partial charge in [0, 0.05) is 25.2 Å². The summed E-state index contributed by atoms with van der Waals surface area (Å²) >= 11 is 0. The zero-order valence-corrected chi connectivity index (χ0v) is 12.4. The number of likely N-dealkylation sites (tertiary alicyclic amines) is 1. The predicted octanol–water partition coefficient (Wildman–Crippen LogP) is 1.85. The summed E-state index contributed by atoms with van der Waals surface area (Å²) in [6.45, 7) is 3.55. The van der Waals surface area contributed by atoms with Crippen LogP contribution >= 0.6 is 0 Å². The summed E-state index contributed by atoms with van der Waals surface area (Å²) in [5.74, 6) is -0.378. The van der Waals surface area contributed by atoms with E-state index in [-0.39, 0.29) is 24.1 Å². The number of carbonyl (C=O) groups is 1. The average Bonchev–Trinajstić information content (AvgIpc) is 2.52. The van der Waals surface area contributed by atoms with E-state index >= 15 is 0 Å². The second-order valence-corrected chi connectivity index (χ2v) is 5.55. The molecule has 0 spiro atoms. The van der Waals surface area contributed by atoms with Crippen LogP contribution < -0.4 is 5.32 Å². The maximum Gasteiger partial charge on any atom is 0.239 e. The number of amides is 1. The van der Waals surface area contributed by atoms with Crippen molar-refractivity contribution in [1.29, 1.82) is 0 Å². The Labute approximate surface area is 125 Å². The largest absolute Gasteiger partial charge is 0.387 e. The van der Waals surface area contributed by atoms with Crippen molar-refractivity contribution in [1.82, 2.24) is 10.2 Å². The Kier molecular flexibility index (Phi) is 5.70. The summed E-state index contributed by atoms with van der Waals surface area (Å²) < 4.78 is 13.6. The van der Waals surface area contributed by atoms with Gasteiger partial charge < -0.3 is 15.3 Å². The highest BCUT2D eigenvalue weighted by atomic mass is 19.1. The molecule has 2 atom stereocenters. The van der Waals surface area contributed by atoms with E-state index in [9.17, 15) is 14.3 Å². The van der Waals surface area contributed by atoms with Crippen LogP contribution in [-0.2, 0) is 4.79 Å². The first-order chi connectivity index (χ1) is 10.1. The molecule has 5 heteroatoms. The summed E-state index contributed by atoms with van der Waals surface area (Å²) in [4.78, 5) is 14.1. The van der Waals surface area contributed by atoms with E-state index in [1.807, 2.05) is 4.90 Å². The van der Waals surface area contributed by atoms with Gasteiger partial charge in [-0.25, -0.2) is 4.39 Å². The minimum Gasteiger partial charge on any atom is -0.387 e. The lowest BCUT2D eigenvalue weighted by molar-refractivity contribution is -0.134. The van der Waals surface area contributed by atoms with Crippen LogP contribution in [0.2, 0.25) is 0 Å². The molecule has 2 N–H and O–H groups in total. The van der Waals surface area contributed by atoms with E-state index in [4.69, 9.17) is 0 Å². The Hall–Kier alpha value is -1.46. The summed E-state index contributed by atoms with van der Waals surface area (Å²) in [5.41, 5.74) is 0.252. The molecule has 0 saturated carbocycles. The van der Waals surface area contributed by atoms with Crippen LogP contribution in [0.3, 0.4) is 0 Å². The molecule has 0 aromatic heterocycles. The number of hydrogen-bond acceptors (Lipinski definition) is 3. The SMILES string of the molecule is CC(NCC(O)c1ccccc1F)C(=O)N1CCCCC1. The zero-order chi connectivity index (χ0) is 15.2. The fourth-order valence-electron chi connectivity index (χ4n) is 2.62. The lowest BCUT2D eigenvalue weighted by Crippen LogP contribution is -2.47. The fraction of sp³-hybridized carbons (Fsp3) is 0.562.